The van der Waals surface area contributed by atoms with E-state index in [2.05, 4.69) is 5.32 Å². The third-order valence-corrected chi connectivity index (χ3v) is 3.05. The topological polar surface area (TPSA) is 92.5 Å². The fourth-order valence-corrected chi connectivity index (χ4v) is 1.80. The van der Waals surface area contributed by atoms with Crippen molar-refractivity contribution in [2.45, 2.75) is 38.8 Å². The van der Waals surface area contributed by atoms with Crippen molar-refractivity contribution in [1.82, 2.24) is 5.32 Å². The molecule has 104 valence electrons. The molecular formula is C13H18N2O4. The lowest BCUT2D eigenvalue weighted by molar-refractivity contribution is -0.384. The van der Waals surface area contributed by atoms with E-state index in [1.807, 2.05) is 6.92 Å². The van der Waals surface area contributed by atoms with Gasteiger partial charge >= 0.3 is 5.97 Å². The van der Waals surface area contributed by atoms with Crippen molar-refractivity contribution in [3.8, 4) is 0 Å². The number of nitro groups is 1. The van der Waals surface area contributed by atoms with E-state index in [1.165, 1.54) is 12.1 Å². The van der Waals surface area contributed by atoms with Crippen molar-refractivity contribution in [2.24, 2.45) is 0 Å². The van der Waals surface area contributed by atoms with E-state index in [4.69, 9.17) is 0 Å². The molecule has 1 rings (SSSR count). The van der Waals surface area contributed by atoms with Gasteiger partial charge in [-0.15, -0.1) is 0 Å². The van der Waals surface area contributed by atoms with Gasteiger partial charge in [-0.2, -0.15) is 0 Å². The first-order valence-electron chi connectivity index (χ1n) is 6.11. The Balaban J connectivity index is 2.69. The highest BCUT2D eigenvalue weighted by Crippen LogP contribution is 2.16. The Bertz CT molecular complexity index is 458. The number of hydrogen-bond donors (Lipinski definition) is 2. The minimum Gasteiger partial charge on any atom is -0.480 e. The maximum absolute atomic E-state index is 11.2. The van der Waals surface area contributed by atoms with Crippen molar-refractivity contribution < 1.29 is 14.8 Å². The number of nitrogens with zero attached hydrogens (tertiary/aromatic N) is 1. The van der Waals surface area contributed by atoms with E-state index in [1.54, 1.807) is 19.1 Å². The number of benzene rings is 1. The molecule has 0 aliphatic rings. The number of rotatable bonds is 7. The Kier molecular flexibility index (Phi) is 5.00. The van der Waals surface area contributed by atoms with Gasteiger partial charge in [0.2, 0.25) is 0 Å². The lowest BCUT2D eigenvalue weighted by Crippen LogP contribution is -2.48. The third kappa shape index (κ3) is 4.03. The molecule has 1 aromatic carbocycles. The largest absolute Gasteiger partial charge is 0.480 e. The van der Waals surface area contributed by atoms with Crippen LogP contribution in [0.5, 0.6) is 0 Å². The molecule has 1 atom stereocenters. The van der Waals surface area contributed by atoms with Crippen molar-refractivity contribution >= 4 is 11.7 Å². The first kappa shape index (κ1) is 15.1. The molecule has 0 bridgehead atoms. The first-order chi connectivity index (χ1) is 8.89. The molecule has 0 amide bonds. The number of carboxylic acid groups (broad SMARTS) is 1. The van der Waals surface area contributed by atoms with Crippen LogP contribution in [0.15, 0.2) is 24.3 Å². The summed E-state index contributed by atoms with van der Waals surface area (Å²) in [5.74, 6) is -0.892. The van der Waals surface area contributed by atoms with Gasteiger partial charge in [0.1, 0.15) is 5.54 Å². The van der Waals surface area contributed by atoms with Crippen LogP contribution in [0.1, 0.15) is 32.3 Å². The molecule has 1 unspecified atom stereocenters. The van der Waals surface area contributed by atoms with Gasteiger partial charge in [-0.1, -0.05) is 25.5 Å². The van der Waals surface area contributed by atoms with Crippen LogP contribution in [0.3, 0.4) is 0 Å². The van der Waals surface area contributed by atoms with Gasteiger partial charge in [-0.3, -0.25) is 20.2 Å². The van der Waals surface area contributed by atoms with Crippen molar-refractivity contribution in [3.05, 3.63) is 39.9 Å². The maximum Gasteiger partial charge on any atom is 0.323 e. The Morgan fingerprint density at radius 1 is 1.42 bits per heavy atom. The molecule has 1 aromatic rings. The molecule has 0 fully saturated rings. The number of carbonyl (C=O) groups is 1. The summed E-state index contributed by atoms with van der Waals surface area (Å²) in [5.41, 5.74) is -0.135. The van der Waals surface area contributed by atoms with Crippen molar-refractivity contribution in [2.75, 3.05) is 0 Å². The summed E-state index contributed by atoms with van der Waals surface area (Å²) in [6.07, 6.45) is 1.28. The van der Waals surface area contributed by atoms with E-state index in [9.17, 15) is 20.0 Å². The molecule has 6 nitrogen and oxygen atoms in total. The molecular weight excluding hydrogens is 248 g/mol. The molecule has 0 spiro atoms. The SMILES string of the molecule is CCCC(C)(NCc1ccc([N+](=O)[O-])cc1)C(=O)O. The first-order valence-corrected chi connectivity index (χ1v) is 6.11. The number of carboxylic acids is 1. The summed E-state index contributed by atoms with van der Waals surface area (Å²) >= 11 is 0. The number of nitrogens with one attached hydrogen (secondary N) is 1. The van der Waals surface area contributed by atoms with E-state index < -0.39 is 16.4 Å². The zero-order valence-electron chi connectivity index (χ0n) is 11.0. The lowest BCUT2D eigenvalue weighted by Gasteiger charge is -2.25. The molecule has 0 saturated heterocycles. The smallest absolute Gasteiger partial charge is 0.323 e. The van der Waals surface area contributed by atoms with Crippen LogP contribution in [0.2, 0.25) is 0 Å². The summed E-state index contributed by atoms with van der Waals surface area (Å²) in [6, 6.07) is 6.07. The Morgan fingerprint density at radius 2 is 2.00 bits per heavy atom. The van der Waals surface area contributed by atoms with Gasteiger partial charge in [0.25, 0.3) is 5.69 Å². The molecule has 6 heteroatoms. The summed E-state index contributed by atoms with van der Waals surface area (Å²) in [6.45, 7) is 3.93. The molecule has 0 saturated carbocycles. The Labute approximate surface area is 111 Å². The van der Waals surface area contributed by atoms with Gasteiger partial charge in [-0.05, 0) is 18.9 Å². The van der Waals surface area contributed by atoms with Gasteiger partial charge < -0.3 is 5.11 Å². The molecule has 19 heavy (non-hydrogen) atoms. The van der Waals surface area contributed by atoms with E-state index in [-0.39, 0.29) is 5.69 Å². The van der Waals surface area contributed by atoms with Crippen LogP contribution in [-0.4, -0.2) is 21.5 Å². The summed E-state index contributed by atoms with van der Waals surface area (Å²) in [4.78, 5) is 21.3. The normalized spacial score (nSPS) is 13.8. The summed E-state index contributed by atoms with van der Waals surface area (Å²) in [5, 5.41) is 22.7. The highest BCUT2D eigenvalue weighted by molar-refractivity contribution is 5.78. The van der Waals surface area contributed by atoms with Crippen LogP contribution in [0, 0.1) is 10.1 Å². The van der Waals surface area contributed by atoms with Gasteiger partial charge in [-0.25, -0.2) is 0 Å². The quantitative estimate of drug-likeness (QED) is 0.583. The number of aliphatic carboxylic acids is 1. The highest BCUT2D eigenvalue weighted by atomic mass is 16.6. The van der Waals surface area contributed by atoms with Gasteiger partial charge in [0, 0.05) is 18.7 Å². The number of nitro benzene ring substituents is 1. The molecule has 0 aliphatic carbocycles. The van der Waals surface area contributed by atoms with Crippen LogP contribution in [0.25, 0.3) is 0 Å². The van der Waals surface area contributed by atoms with Gasteiger partial charge in [0.15, 0.2) is 0 Å². The summed E-state index contributed by atoms with van der Waals surface area (Å²) < 4.78 is 0. The third-order valence-electron chi connectivity index (χ3n) is 3.05. The average molecular weight is 266 g/mol. The average Bonchev–Trinajstić information content (AvgIpc) is 2.37. The highest BCUT2D eigenvalue weighted by Gasteiger charge is 2.31. The monoisotopic (exact) mass is 266 g/mol. The molecule has 2 N–H and O–H groups in total. The predicted molar refractivity (Wildman–Crippen MR) is 70.9 cm³/mol. The second-order valence-corrected chi connectivity index (χ2v) is 4.66. The minimum atomic E-state index is -0.976. The minimum absolute atomic E-state index is 0.0262. The van der Waals surface area contributed by atoms with Crippen LogP contribution >= 0.6 is 0 Å². The zero-order chi connectivity index (χ0) is 14.5. The number of non-ortho nitro benzene ring substituents is 1. The maximum atomic E-state index is 11.2. The molecule has 0 heterocycles. The van der Waals surface area contributed by atoms with Crippen LogP contribution in [-0.2, 0) is 11.3 Å². The number of hydrogen-bond acceptors (Lipinski definition) is 4. The fourth-order valence-electron chi connectivity index (χ4n) is 1.80. The van der Waals surface area contributed by atoms with Crippen molar-refractivity contribution in [1.29, 1.82) is 0 Å². The Hall–Kier alpha value is -1.95. The second kappa shape index (κ2) is 6.29. The Morgan fingerprint density at radius 3 is 2.42 bits per heavy atom. The predicted octanol–water partition coefficient (Wildman–Crippen LogP) is 2.33. The molecule has 0 aliphatic heterocycles. The van der Waals surface area contributed by atoms with E-state index in [0.29, 0.717) is 13.0 Å². The van der Waals surface area contributed by atoms with Crippen LogP contribution < -0.4 is 5.32 Å². The fraction of sp³-hybridized carbons (Fsp3) is 0.462. The van der Waals surface area contributed by atoms with Gasteiger partial charge in [0.05, 0.1) is 4.92 Å². The molecule has 0 aromatic heterocycles. The standard InChI is InChI=1S/C13H18N2O4/c1-3-8-13(2,12(16)17)14-9-10-4-6-11(7-5-10)15(18)19/h4-7,14H,3,8-9H2,1-2H3,(H,16,17). The van der Waals surface area contributed by atoms with E-state index >= 15 is 0 Å². The second-order valence-electron chi connectivity index (χ2n) is 4.66. The lowest BCUT2D eigenvalue weighted by atomic mass is 9.96. The molecule has 0 radical (unpaired) electrons. The van der Waals surface area contributed by atoms with Crippen LogP contribution in [0.4, 0.5) is 5.69 Å². The zero-order valence-corrected chi connectivity index (χ0v) is 11.0. The summed E-state index contributed by atoms with van der Waals surface area (Å²) in [7, 11) is 0. The van der Waals surface area contributed by atoms with E-state index in [0.717, 1.165) is 12.0 Å². The van der Waals surface area contributed by atoms with Crippen molar-refractivity contribution in [3.63, 3.8) is 0 Å².